The van der Waals surface area contributed by atoms with E-state index in [0.29, 0.717) is 43.3 Å². The Balaban J connectivity index is 1.50. The summed E-state index contributed by atoms with van der Waals surface area (Å²) < 4.78 is 24.6. The fraction of sp³-hybridized carbons (Fsp3) is 0.345. The number of hydrogen-bond donors (Lipinski definition) is 1. The Kier molecular flexibility index (Phi) is 9.67. The van der Waals surface area contributed by atoms with E-state index >= 15 is 0 Å². The van der Waals surface area contributed by atoms with Crippen molar-refractivity contribution in [1.82, 2.24) is 14.7 Å². The van der Waals surface area contributed by atoms with Gasteiger partial charge < -0.3 is 24.3 Å². The van der Waals surface area contributed by atoms with E-state index < -0.39 is 6.03 Å². The molecule has 0 bridgehead atoms. The highest BCUT2D eigenvalue weighted by Crippen LogP contribution is 2.15. The third-order valence-corrected chi connectivity index (χ3v) is 6.45. The Hall–Kier alpha value is -4.20. The number of hydrogen-bond acceptors (Lipinski definition) is 6. The van der Waals surface area contributed by atoms with Gasteiger partial charge in [0.2, 0.25) is 5.91 Å². The third-order valence-electron chi connectivity index (χ3n) is 6.45. The van der Waals surface area contributed by atoms with Crippen molar-refractivity contribution in [1.29, 1.82) is 5.26 Å². The van der Waals surface area contributed by atoms with Gasteiger partial charge in [0.1, 0.15) is 23.9 Å². The molecule has 0 atom stereocenters. The molecule has 3 amide bonds. The molecule has 0 aliphatic carbocycles. The lowest BCUT2D eigenvalue weighted by Crippen LogP contribution is -2.48. The standard InChI is InChI=1S/C29H32FN5O4/c1-22-2-11-27(39-22)20-35(19-24-3-7-25(30)8-4-24)28(36)21-34(13-12-33-14-16-38-17-15-33)29(37)32-26-9-5-23(18-31)6-10-26/h2-11H,12-17,19-21H2,1H3,(H,32,37). The molecule has 1 fully saturated rings. The molecule has 0 radical (unpaired) electrons. The number of furan rings is 1. The summed E-state index contributed by atoms with van der Waals surface area (Å²) in [6.07, 6.45) is 0. The number of nitrogens with one attached hydrogen (secondary N) is 1. The molecule has 2 aromatic carbocycles. The molecule has 1 N–H and O–H groups in total. The van der Waals surface area contributed by atoms with E-state index in [9.17, 15) is 14.0 Å². The first-order chi connectivity index (χ1) is 18.9. The van der Waals surface area contributed by atoms with E-state index in [1.807, 2.05) is 19.1 Å². The summed E-state index contributed by atoms with van der Waals surface area (Å²) in [5.41, 5.74) is 1.77. The largest absolute Gasteiger partial charge is 0.464 e. The zero-order chi connectivity index (χ0) is 27.6. The van der Waals surface area contributed by atoms with Gasteiger partial charge in [0.15, 0.2) is 0 Å². The Bertz CT molecular complexity index is 1280. The number of carbonyl (C=O) groups excluding carboxylic acids is 2. The summed E-state index contributed by atoms with van der Waals surface area (Å²) in [7, 11) is 0. The Morgan fingerprint density at radius 1 is 1.00 bits per heavy atom. The van der Waals surface area contributed by atoms with Gasteiger partial charge in [0.25, 0.3) is 0 Å². The van der Waals surface area contributed by atoms with Crippen LogP contribution in [0.15, 0.2) is 65.1 Å². The summed E-state index contributed by atoms with van der Waals surface area (Å²) in [6, 6.07) is 17.8. The first-order valence-corrected chi connectivity index (χ1v) is 12.8. The highest BCUT2D eigenvalue weighted by molar-refractivity contribution is 5.92. The quantitative estimate of drug-likeness (QED) is 0.423. The second kappa shape index (κ2) is 13.6. The predicted octanol–water partition coefficient (Wildman–Crippen LogP) is 3.99. The maximum absolute atomic E-state index is 13.6. The fourth-order valence-electron chi connectivity index (χ4n) is 4.23. The lowest BCUT2D eigenvalue weighted by molar-refractivity contribution is -0.133. The maximum atomic E-state index is 13.6. The highest BCUT2D eigenvalue weighted by Gasteiger charge is 2.24. The van der Waals surface area contributed by atoms with Crippen molar-refractivity contribution in [3.63, 3.8) is 0 Å². The van der Waals surface area contributed by atoms with Gasteiger partial charge >= 0.3 is 6.03 Å². The van der Waals surface area contributed by atoms with Gasteiger partial charge in [-0.05, 0) is 61.0 Å². The molecule has 0 spiro atoms. The molecule has 39 heavy (non-hydrogen) atoms. The van der Waals surface area contributed by atoms with Crippen LogP contribution in [0.5, 0.6) is 0 Å². The van der Waals surface area contributed by atoms with Crippen LogP contribution in [0.25, 0.3) is 0 Å². The molecule has 1 saturated heterocycles. The topological polar surface area (TPSA) is 102 Å². The van der Waals surface area contributed by atoms with Crippen LogP contribution in [0, 0.1) is 24.1 Å². The summed E-state index contributed by atoms with van der Waals surface area (Å²) in [5.74, 6) is 0.718. The smallest absolute Gasteiger partial charge is 0.322 e. The zero-order valence-corrected chi connectivity index (χ0v) is 21.9. The number of urea groups is 1. The summed E-state index contributed by atoms with van der Waals surface area (Å²) in [4.78, 5) is 32.3. The number of nitriles is 1. The Labute approximate surface area is 227 Å². The molecule has 10 heteroatoms. The van der Waals surface area contributed by atoms with Crippen LogP contribution in [-0.2, 0) is 22.6 Å². The van der Waals surface area contributed by atoms with Crippen molar-refractivity contribution in [2.24, 2.45) is 0 Å². The van der Waals surface area contributed by atoms with Gasteiger partial charge in [-0.25, -0.2) is 9.18 Å². The molecule has 0 saturated carbocycles. The number of carbonyl (C=O) groups is 2. The lowest BCUT2D eigenvalue weighted by atomic mass is 10.2. The predicted molar refractivity (Wildman–Crippen MR) is 143 cm³/mol. The second-order valence-electron chi connectivity index (χ2n) is 9.38. The average Bonchev–Trinajstić information content (AvgIpc) is 3.37. The monoisotopic (exact) mass is 533 g/mol. The number of nitrogens with zero attached hydrogens (tertiary/aromatic N) is 4. The van der Waals surface area contributed by atoms with Crippen molar-refractivity contribution < 1.29 is 23.1 Å². The van der Waals surface area contributed by atoms with E-state index in [-0.39, 0.29) is 31.4 Å². The third kappa shape index (κ3) is 8.40. The summed E-state index contributed by atoms with van der Waals surface area (Å²) >= 11 is 0. The number of benzene rings is 2. The van der Waals surface area contributed by atoms with E-state index in [0.717, 1.165) is 24.4 Å². The molecule has 9 nitrogen and oxygen atoms in total. The number of halogens is 1. The van der Waals surface area contributed by atoms with Crippen LogP contribution in [0.3, 0.4) is 0 Å². The van der Waals surface area contributed by atoms with Crippen LogP contribution in [0.2, 0.25) is 0 Å². The van der Waals surface area contributed by atoms with Crippen LogP contribution in [-0.4, -0.2) is 72.6 Å². The van der Waals surface area contributed by atoms with E-state index in [1.54, 1.807) is 41.3 Å². The SMILES string of the molecule is Cc1ccc(CN(Cc2ccc(F)cc2)C(=O)CN(CCN2CCOCC2)C(=O)Nc2ccc(C#N)cc2)o1. The minimum absolute atomic E-state index is 0.159. The zero-order valence-electron chi connectivity index (χ0n) is 21.9. The van der Waals surface area contributed by atoms with Gasteiger partial charge in [-0.15, -0.1) is 0 Å². The Morgan fingerprint density at radius 2 is 1.72 bits per heavy atom. The van der Waals surface area contributed by atoms with Gasteiger partial charge in [0, 0.05) is 38.4 Å². The number of aryl methyl sites for hydroxylation is 1. The molecule has 3 aromatic rings. The highest BCUT2D eigenvalue weighted by atomic mass is 19.1. The molecular formula is C29H32FN5O4. The number of morpholine rings is 1. The molecule has 1 aromatic heterocycles. The molecule has 1 aliphatic rings. The summed E-state index contributed by atoms with van der Waals surface area (Å²) in [5, 5.41) is 11.9. The van der Waals surface area contributed by atoms with Crippen molar-refractivity contribution in [2.75, 3.05) is 51.3 Å². The van der Waals surface area contributed by atoms with Crippen LogP contribution in [0.1, 0.15) is 22.6 Å². The minimum Gasteiger partial charge on any atom is -0.464 e. The molecule has 4 rings (SSSR count). The first-order valence-electron chi connectivity index (χ1n) is 12.8. The van der Waals surface area contributed by atoms with Crippen LogP contribution in [0.4, 0.5) is 14.9 Å². The number of amides is 3. The molecule has 2 heterocycles. The summed E-state index contributed by atoms with van der Waals surface area (Å²) in [6.45, 7) is 5.80. The normalized spacial score (nSPS) is 13.5. The molecule has 1 aliphatic heterocycles. The van der Waals surface area contributed by atoms with Gasteiger partial charge in [-0.2, -0.15) is 5.26 Å². The lowest BCUT2D eigenvalue weighted by Gasteiger charge is -2.31. The maximum Gasteiger partial charge on any atom is 0.322 e. The van der Waals surface area contributed by atoms with E-state index in [4.69, 9.17) is 14.4 Å². The van der Waals surface area contributed by atoms with Crippen LogP contribution < -0.4 is 5.32 Å². The molecular weight excluding hydrogens is 501 g/mol. The van der Waals surface area contributed by atoms with Crippen molar-refractivity contribution in [3.8, 4) is 6.07 Å². The van der Waals surface area contributed by atoms with Crippen molar-refractivity contribution in [2.45, 2.75) is 20.0 Å². The average molecular weight is 534 g/mol. The van der Waals surface area contributed by atoms with E-state index in [2.05, 4.69) is 16.3 Å². The van der Waals surface area contributed by atoms with Crippen molar-refractivity contribution >= 4 is 17.6 Å². The van der Waals surface area contributed by atoms with Gasteiger partial charge in [-0.1, -0.05) is 12.1 Å². The number of ether oxygens (including phenoxy) is 1. The molecule has 0 unspecified atom stereocenters. The van der Waals surface area contributed by atoms with E-state index in [1.165, 1.54) is 17.0 Å². The van der Waals surface area contributed by atoms with Gasteiger partial charge in [-0.3, -0.25) is 9.69 Å². The molecule has 204 valence electrons. The first kappa shape index (κ1) is 27.8. The minimum atomic E-state index is -0.420. The van der Waals surface area contributed by atoms with Crippen LogP contribution >= 0.6 is 0 Å². The van der Waals surface area contributed by atoms with Crippen molar-refractivity contribution in [3.05, 3.63) is 89.1 Å². The van der Waals surface area contributed by atoms with Gasteiger partial charge in [0.05, 0.1) is 31.4 Å². The second-order valence-corrected chi connectivity index (χ2v) is 9.38. The fourth-order valence-corrected chi connectivity index (χ4v) is 4.23. The Morgan fingerprint density at radius 3 is 2.36 bits per heavy atom. The number of rotatable bonds is 10. The number of anilines is 1.